The fourth-order valence-electron chi connectivity index (χ4n) is 11.7. The van der Waals surface area contributed by atoms with Gasteiger partial charge < -0.3 is 15.3 Å². The molecule has 0 aromatic heterocycles. The number of carbonyl (C=O) groups is 1. The van der Waals surface area contributed by atoms with Gasteiger partial charge in [-0.05, 0) is 116 Å². The van der Waals surface area contributed by atoms with E-state index in [4.69, 9.17) is 0 Å². The van der Waals surface area contributed by atoms with Gasteiger partial charge >= 0.3 is 5.97 Å². The molecule has 0 aromatic carbocycles. The van der Waals surface area contributed by atoms with Gasteiger partial charge in [0.15, 0.2) is 0 Å². The lowest BCUT2D eigenvalue weighted by Gasteiger charge is -2.73. The van der Waals surface area contributed by atoms with Crippen molar-refractivity contribution in [2.24, 2.45) is 56.7 Å². The zero-order chi connectivity index (χ0) is 25.1. The second-order valence-electron chi connectivity index (χ2n) is 14.7. The van der Waals surface area contributed by atoms with Gasteiger partial charge in [-0.1, -0.05) is 46.8 Å². The zero-order valence-corrected chi connectivity index (χ0v) is 22.4. The van der Waals surface area contributed by atoms with Crippen molar-refractivity contribution in [2.45, 2.75) is 112 Å². The minimum atomic E-state index is -0.669. The predicted octanol–water partition coefficient (Wildman–Crippen LogP) is 6.06. The molecule has 5 saturated carbocycles. The van der Waals surface area contributed by atoms with Gasteiger partial charge in [0.2, 0.25) is 0 Å². The van der Waals surface area contributed by atoms with Crippen LogP contribution in [-0.4, -0.2) is 33.5 Å². The molecule has 0 amide bonds. The number of carboxylic acid groups (broad SMARTS) is 1. The molecule has 3 N–H and O–H groups in total. The van der Waals surface area contributed by atoms with Crippen molar-refractivity contribution in [2.75, 3.05) is 0 Å². The van der Waals surface area contributed by atoms with E-state index in [1.807, 2.05) is 0 Å². The molecule has 5 aliphatic carbocycles. The summed E-state index contributed by atoms with van der Waals surface area (Å²) in [6.07, 6.45) is 7.32. The lowest BCUT2D eigenvalue weighted by molar-refractivity contribution is -0.263. The summed E-state index contributed by atoms with van der Waals surface area (Å²) >= 11 is 0. The van der Waals surface area contributed by atoms with E-state index in [0.29, 0.717) is 30.1 Å². The summed E-state index contributed by atoms with van der Waals surface area (Å²) in [5, 5.41) is 32.4. The summed E-state index contributed by atoms with van der Waals surface area (Å²) in [5.74, 6) is 1.24. The van der Waals surface area contributed by atoms with Gasteiger partial charge in [0, 0.05) is 0 Å². The average Bonchev–Trinajstić information content (AvgIpc) is 3.14. The number of hydrogen-bond donors (Lipinski definition) is 3. The molecule has 5 aliphatic rings. The summed E-state index contributed by atoms with van der Waals surface area (Å²) in [5.41, 5.74) is 0.501. The van der Waals surface area contributed by atoms with Gasteiger partial charge in [-0.2, -0.15) is 0 Å². The van der Waals surface area contributed by atoms with Crippen molar-refractivity contribution >= 4 is 5.97 Å². The Morgan fingerprint density at radius 1 is 0.853 bits per heavy atom. The topological polar surface area (TPSA) is 77.8 Å². The van der Waals surface area contributed by atoms with Crippen LogP contribution in [0, 0.1) is 56.7 Å². The summed E-state index contributed by atoms with van der Waals surface area (Å²) in [6.45, 7) is 18.2. The molecule has 11 atom stereocenters. The van der Waals surface area contributed by atoms with Crippen molar-refractivity contribution in [3.63, 3.8) is 0 Å². The monoisotopic (exact) mass is 472 g/mol. The molecule has 0 aliphatic heterocycles. The molecule has 0 aromatic rings. The minimum absolute atomic E-state index is 0.00606. The first-order valence-corrected chi connectivity index (χ1v) is 13.9. The van der Waals surface area contributed by atoms with E-state index in [9.17, 15) is 20.1 Å². The maximum absolute atomic E-state index is 12.8. The molecule has 0 radical (unpaired) electrons. The number of aliphatic hydroxyl groups excluding tert-OH is 2. The van der Waals surface area contributed by atoms with Crippen LogP contribution in [0.2, 0.25) is 0 Å². The normalized spacial score (nSPS) is 55.9. The van der Waals surface area contributed by atoms with E-state index < -0.39 is 23.6 Å². The van der Waals surface area contributed by atoms with E-state index in [-0.39, 0.29) is 27.6 Å². The first-order valence-electron chi connectivity index (χ1n) is 13.9. The summed E-state index contributed by atoms with van der Waals surface area (Å²) in [6, 6.07) is 0. The van der Waals surface area contributed by atoms with Crippen molar-refractivity contribution in [1.29, 1.82) is 0 Å². The Labute approximate surface area is 206 Å². The molecule has 0 spiro atoms. The third kappa shape index (κ3) is 2.76. The fourth-order valence-corrected chi connectivity index (χ4v) is 11.7. The van der Waals surface area contributed by atoms with Crippen LogP contribution >= 0.6 is 0 Å². The number of fused-ring (bicyclic) bond motifs is 7. The lowest BCUT2D eigenvalue weighted by atomic mass is 9.32. The molecule has 0 saturated heterocycles. The Hall–Kier alpha value is -0.870. The smallest absolute Gasteiger partial charge is 0.309 e. The van der Waals surface area contributed by atoms with Crippen LogP contribution in [0.15, 0.2) is 12.2 Å². The molecule has 0 bridgehead atoms. The molecular formula is C30H48O4. The zero-order valence-electron chi connectivity index (χ0n) is 22.4. The number of aliphatic hydroxyl groups is 2. The lowest BCUT2D eigenvalue weighted by Crippen LogP contribution is -2.68. The van der Waals surface area contributed by atoms with Crippen LogP contribution in [0.1, 0.15) is 99.3 Å². The number of allylic oxidation sites excluding steroid dienone is 1. The Morgan fingerprint density at radius 2 is 1.53 bits per heavy atom. The first kappa shape index (κ1) is 24.8. The molecule has 5 rings (SSSR count). The van der Waals surface area contributed by atoms with E-state index >= 15 is 0 Å². The Bertz CT molecular complexity index is 894. The second kappa shape index (κ2) is 7.34. The van der Waals surface area contributed by atoms with Crippen LogP contribution in [0.5, 0.6) is 0 Å². The quantitative estimate of drug-likeness (QED) is 0.427. The summed E-state index contributed by atoms with van der Waals surface area (Å²) in [7, 11) is 0. The first-order chi connectivity index (χ1) is 15.7. The van der Waals surface area contributed by atoms with Gasteiger partial charge in [-0.25, -0.2) is 0 Å². The fraction of sp³-hybridized carbons (Fsp3) is 0.900. The molecule has 4 heteroatoms. The van der Waals surface area contributed by atoms with E-state index in [1.54, 1.807) is 0 Å². The van der Waals surface area contributed by atoms with Gasteiger partial charge in [-0.3, -0.25) is 4.79 Å². The highest BCUT2D eigenvalue weighted by atomic mass is 16.4. The standard InChI is InChI=1S/C30H48O4/c1-17(2)18-10-13-30(25(33)34)15-14-28(6)19(23(18)30)8-9-22-27(5)16-20(31)24(32)26(3,4)21(27)11-12-29(22,28)7/h18-24,31-32H,1,8-16H2,2-7H3,(H,33,34)/t18?,19?,20?,21?,22?,23?,24?,27-,28+,29+,30-/m0/s1. The Morgan fingerprint density at radius 3 is 2.15 bits per heavy atom. The van der Waals surface area contributed by atoms with Crippen LogP contribution in [0.3, 0.4) is 0 Å². The predicted molar refractivity (Wildman–Crippen MR) is 134 cm³/mol. The molecule has 34 heavy (non-hydrogen) atoms. The van der Waals surface area contributed by atoms with Crippen molar-refractivity contribution in [1.82, 2.24) is 0 Å². The van der Waals surface area contributed by atoms with Crippen molar-refractivity contribution < 1.29 is 20.1 Å². The highest BCUT2D eigenvalue weighted by Gasteiger charge is 2.72. The van der Waals surface area contributed by atoms with Crippen molar-refractivity contribution in [3.05, 3.63) is 12.2 Å². The van der Waals surface area contributed by atoms with Crippen molar-refractivity contribution in [3.8, 4) is 0 Å². The third-order valence-electron chi connectivity index (χ3n) is 13.4. The molecule has 5 fully saturated rings. The molecule has 0 heterocycles. The van der Waals surface area contributed by atoms with Crippen LogP contribution in [-0.2, 0) is 4.79 Å². The van der Waals surface area contributed by atoms with E-state index in [0.717, 1.165) is 51.4 Å². The molecular weight excluding hydrogens is 424 g/mol. The average molecular weight is 473 g/mol. The van der Waals surface area contributed by atoms with E-state index in [2.05, 4.69) is 48.1 Å². The van der Waals surface area contributed by atoms with Crippen LogP contribution in [0.25, 0.3) is 0 Å². The van der Waals surface area contributed by atoms with Gasteiger partial charge in [0.05, 0.1) is 17.6 Å². The molecule has 4 nitrogen and oxygen atoms in total. The van der Waals surface area contributed by atoms with Crippen LogP contribution in [0.4, 0.5) is 0 Å². The Kier molecular flexibility index (Phi) is 5.36. The molecule has 192 valence electrons. The highest BCUT2D eigenvalue weighted by molar-refractivity contribution is 5.76. The number of carboxylic acids is 1. The SMILES string of the molecule is C=C(C)C1CC[C@]2(C(=O)O)CC[C@]3(C)C(CCC4[C@@]5(C)CC(O)C(O)C(C)(C)C5CC[C@]43C)C12. The summed E-state index contributed by atoms with van der Waals surface area (Å²) < 4.78 is 0. The summed E-state index contributed by atoms with van der Waals surface area (Å²) in [4.78, 5) is 12.8. The highest BCUT2D eigenvalue weighted by Crippen LogP contribution is 2.77. The number of hydrogen-bond acceptors (Lipinski definition) is 3. The maximum atomic E-state index is 12.8. The maximum Gasteiger partial charge on any atom is 0.309 e. The second-order valence-corrected chi connectivity index (χ2v) is 14.7. The number of rotatable bonds is 2. The number of aliphatic carboxylic acids is 1. The third-order valence-corrected chi connectivity index (χ3v) is 13.4. The van der Waals surface area contributed by atoms with Crippen LogP contribution < -0.4 is 0 Å². The largest absolute Gasteiger partial charge is 0.481 e. The molecule has 7 unspecified atom stereocenters. The Balaban J connectivity index is 1.57. The van der Waals surface area contributed by atoms with Gasteiger partial charge in [0.1, 0.15) is 0 Å². The van der Waals surface area contributed by atoms with Gasteiger partial charge in [-0.15, -0.1) is 0 Å². The van der Waals surface area contributed by atoms with Gasteiger partial charge in [0.25, 0.3) is 0 Å². The van der Waals surface area contributed by atoms with E-state index in [1.165, 1.54) is 5.57 Å². The minimum Gasteiger partial charge on any atom is -0.481 e.